The van der Waals surface area contributed by atoms with E-state index in [-0.39, 0.29) is 5.56 Å². The summed E-state index contributed by atoms with van der Waals surface area (Å²) in [5.74, 6) is -0.615. The van der Waals surface area contributed by atoms with Crippen molar-refractivity contribution >= 4 is 17.5 Å². The van der Waals surface area contributed by atoms with Crippen LogP contribution in [0.3, 0.4) is 0 Å². The molecule has 0 saturated carbocycles. The van der Waals surface area contributed by atoms with Gasteiger partial charge in [-0.1, -0.05) is 29.8 Å². The first kappa shape index (κ1) is 7.77. The molecule has 1 aromatic carbocycles. The van der Waals surface area contributed by atoms with E-state index in [1.165, 1.54) is 6.07 Å². The van der Waals surface area contributed by atoms with Crippen molar-refractivity contribution in [1.82, 2.24) is 0 Å². The molecule has 1 aromatic rings. The van der Waals surface area contributed by atoms with E-state index < -0.39 is 5.91 Å². The quantitative estimate of drug-likeness (QED) is 0.586. The van der Waals surface area contributed by atoms with Gasteiger partial charge in [-0.2, -0.15) is 4.85 Å². The fourth-order valence-corrected chi connectivity index (χ4v) is 0.911. The number of carbonyl (C=O) groups excluding carboxylic acids is 1. The van der Waals surface area contributed by atoms with Gasteiger partial charge in [0, 0.05) is 10.6 Å². The third kappa shape index (κ3) is 1.57. The van der Waals surface area contributed by atoms with Gasteiger partial charge < -0.3 is 4.79 Å². The molecule has 0 aliphatic carbocycles. The zero-order valence-corrected chi connectivity index (χ0v) is 6.30. The maximum Gasteiger partial charge on any atom is 0.387 e. The van der Waals surface area contributed by atoms with Crippen LogP contribution in [0, 0.1) is 6.57 Å². The first-order valence-corrected chi connectivity index (χ1v) is 3.30. The summed E-state index contributed by atoms with van der Waals surface area (Å²) in [7, 11) is 0. The molecule has 0 radical (unpaired) electrons. The normalized spacial score (nSPS) is 8.73. The fraction of sp³-hybridized carbons (Fsp3) is 0. The monoisotopic (exact) mass is 165 g/mol. The zero-order valence-electron chi connectivity index (χ0n) is 5.54. The van der Waals surface area contributed by atoms with Crippen LogP contribution in [-0.2, 0) is 0 Å². The summed E-state index contributed by atoms with van der Waals surface area (Å²) in [4.78, 5) is 13.5. The van der Waals surface area contributed by atoms with E-state index >= 15 is 0 Å². The maximum atomic E-state index is 10.8. The molecule has 1 amide bonds. The molecule has 0 atom stereocenters. The number of hydrogen-bond acceptors (Lipinski definition) is 1. The number of halogens is 1. The van der Waals surface area contributed by atoms with Crippen LogP contribution in [0.5, 0.6) is 0 Å². The minimum absolute atomic E-state index is 0.268. The number of hydrogen-bond donors (Lipinski definition) is 0. The van der Waals surface area contributed by atoms with Crippen molar-refractivity contribution in [2.75, 3.05) is 0 Å². The second-order valence-corrected chi connectivity index (χ2v) is 2.30. The lowest BCUT2D eigenvalue weighted by Crippen LogP contribution is -1.91. The number of carbonyl (C=O) groups is 1. The minimum atomic E-state index is -0.615. The van der Waals surface area contributed by atoms with Crippen LogP contribution in [0.2, 0.25) is 5.02 Å². The first-order chi connectivity index (χ1) is 5.25. The van der Waals surface area contributed by atoms with E-state index in [1.807, 2.05) is 0 Å². The molecule has 3 heteroatoms. The van der Waals surface area contributed by atoms with E-state index in [0.717, 1.165) is 0 Å². The third-order valence-electron chi connectivity index (χ3n) is 1.21. The highest BCUT2D eigenvalue weighted by Gasteiger charge is 2.06. The smallest absolute Gasteiger partial charge is 0.310 e. The Kier molecular flexibility index (Phi) is 2.25. The van der Waals surface area contributed by atoms with E-state index in [9.17, 15) is 4.79 Å². The van der Waals surface area contributed by atoms with Crippen LogP contribution >= 0.6 is 11.6 Å². The summed E-state index contributed by atoms with van der Waals surface area (Å²) in [6.45, 7) is 6.46. The molecule has 1 rings (SSSR count). The van der Waals surface area contributed by atoms with Gasteiger partial charge >= 0.3 is 5.91 Å². The van der Waals surface area contributed by atoms with Crippen molar-refractivity contribution in [2.24, 2.45) is 0 Å². The van der Waals surface area contributed by atoms with Gasteiger partial charge in [0.25, 0.3) is 0 Å². The molecule has 0 unspecified atom stereocenters. The molecule has 0 aromatic heterocycles. The van der Waals surface area contributed by atoms with Crippen molar-refractivity contribution in [3.8, 4) is 0 Å². The summed E-state index contributed by atoms with van der Waals surface area (Å²) in [5.41, 5.74) is 0.268. The van der Waals surface area contributed by atoms with Crippen LogP contribution in [0.25, 0.3) is 4.85 Å². The Morgan fingerprint density at radius 3 is 2.64 bits per heavy atom. The summed E-state index contributed by atoms with van der Waals surface area (Å²) >= 11 is 5.63. The number of amides is 1. The molecule has 2 nitrogen and oxygen atoms in total. The molecular weight excluding hydrogens is 162 g/mol. The largest absolute Gasteiger partial charge is 0.387 e. The molecular formula is C8H4ClNO. The SMILES string of the molecule is [C-]#[N+]C(=O)c1ccccc1Cl. The topological polar surface area (TPSA) is 21.4 Å². The molecule has 11 heavy (non-hydrogen) atoms. The fourth-order valence-electron chi connectivity index (χ4n) is 0.695. The maximum absolute atomic E-state index is 10.8. The van der Waals surface area contributed by atoms with Crippen molar-refractivity contribution < 1.29 is 4.79 Å². The van der Waals surface area contributed by atoms with Crippen LogP contribution < -0.4 is 0 Å². The van der Waals surface area contributed by atoms with Crippen LogP contribution in [0.15, 0.2) is 24.3 Å². The molecule has 0 aliphatic rings. The Morgan fingerprint density at radius 1 is 1.45 bits per heavy atom. The second-order valence-electron chi connectivity index (χ2n) is 1.90. The Balaban J connectivity index is 3.16. The minimum Gasteiger partial charge on any atom is -0.310 e. The van der Waals surface area contributed by atoms with E-state index in [2.05, 4.69) is 4.85 Å². The predicted molar refractivity (Wildman–Crippen MR) is 42.4 cm³/mol. The molecule has 0 fully saturated rings. The van der Waals surface area contributed by atoms with Crippen molar-refractivity contribution in [3.63, 3.8) is 0 Å². The molecule has 0 bridgehead atoms. The molecule has 0 N–H and O–H groups in total. The first-order valence-electron chi connectivity index (χ1n) is 2.92. The van der Waals surface area contributed by atoms with Crippen molar-refractivity contribution in [1.29, 1.82) is 0 Å². The highest BCUT2D eigenvalue weighted by molar-refractivity contribution is 6.34. The van der Waals surface area contributed by atoms with Crippen molar-refractivity contribution in [3.05, 3.63) is 46.3 Å². The predicted octanol–water partition coefficient (Wildman–Crippen LogP) is 2.40. The van der Waals surface area contributed by atoms with Gasteiger partial charge in [0.2, 0.25) is 0 Å². The van der Waals surface area contributed by atoms with Crippen molar-refractivity contribution in [2.45, 2.75) is 0 Å². The Morgan fingerprint density at radius 2 is 2.09 bits per heavy atom. The van der Waals surface area contributed by atoms with Gasteiger partial charge in [0.05, 0.1) is 6.57 Å². The Labute approximate surface area is 69.2 Å². The number of nitrogens with zero attached hydrogens (tertiary/aromatic N) is 1. The average molecular weight is 166 g/mol. The van der Waals surface area contributed by atoms with Crippen LogP contribution in [-0.4, -0.2) is 5.91 Å². The standard InChI is InChI=1S/C8H4ClNO/c1-10-8(11)6-4-2-3-5-7(6)9/h2-5H. The lowest BCUT2D eigenvalue weighted by Gasteiger charge is -1.94. The summed E-state index contributed by atoms with van der Waals surface area (Å²) < 4.78 is 0. The van der Waals surface area contributed by atoms with Gasteiger partial charge in [0.15, 0.2) is 0 Å². The van der Waals surface area contributed by atoms with E-state index in [1.54, 1.807) is 18.2 Å². The second kappa shape index (κ2) is 3.18. The summed E-state index contributed by atoms with van der Waals surface area (Å²) in [5, 5.41) is 0.327. The number of rotatable bonds is 1. The molecule has 0 aliphatic heterocycles. The molecule has 0 saturated heterocycles. The van der Waals surface area contributed by atoms with Crippen LogP contribution in [0.1, 0.15) is 10.4 Å². The highest BCUT2D eigenvalue weighted by Crippen LogP contribution is 2.15. The molecule has 0 heterocycles. The zero-order chi connectivity index (χ0) is 8.27. The van der Waals surface area contributed by atoms with Gasteiger partial charge in [-0.15, -0.1) is 0 Å². The van der Waals surface area contributed by atoms with E-state index in [4.69, 9.17) is 18.2 Å². The Hall–Kier alpha value is -1.33. The number of benzene rings is 1. The van der Waals surface area contributed by atoms with E-state index in [0.29, 0.717) is 5.02 Å². The Bertz CT molecular complexity index is 327. The summed E-state index contributed by atoms with van der Waals surface area (Å²) in [6, 6.07) is 6.50. The average Bonchev–Trinajstić information content (AvgIpc) is 2.04. The summed E-state index contributed by atoms with van der Waals surface area (Å²) in [6.07, 6.45) is 0. The highest BCUT2D eigenvalue weighted by atomic mass is 35.5. The third-order valence-corrected chi connectivity index (χ3v) is 1.54. The van der Waals surface area contributed by atoms with Crippen LogP contribution in [0.4, 0.5) is 0 Å². The molecule has 54 valence electrons. The van der Waals surface area contributed by atoms with Gasteiger partial charge in [0.1, 0.15) is 0 Å². The molecule has 0 spiro atoms. The van der Waals surface area contributed by atoms with Gasteiger partial charge in [-0.05, 0) is 6.07 Å². The van der Waals surface area contributed by atoms with Gasteiger partial charge in [-0.25, -0.2) is 0 Å². The lowest BCUT2D eigenvalue weighted by molar-refractivity contribution is 0.104. The lowest BCUT2D eigenvalue weighted by atomic mass is 10.2. The van der Waals surface area contributed by atoms with Gasteiger partial charge in [-0.3, -0.25) is 0 Å².